The molecule has 2 heterocycles. The fourth-order valence-electron chi connectivity index (χ4n) is 3.79. The largest absolute Gasteiger partial charge is 0.433 e. The highest BCUT2D eigenvalue weighted by Gasteiger charge is 2.34. The minimum Gasteiger partial charge on any atom is -0.356 e. The lowest BCUT2D eigenvalue weighted by Gasteiger charge is -2.24. The molecule has 0 saturated carbocycles. The molecule has 1 fully saturated rings. The number of benzene rings is 1. The molecule has 34 heavy (non-hydrogen) atoms. The van der Waals surface area contributed by atoms with Gasteiger partial charge in [0.2, 0.25) is 5.91 Å². The molecule has 0 spiro atoms. The number of aromatic nitrogens is 1. The monoisotopic (exact) mass is 500 g/mol. The maximum atomic E-state index is 13.2. The fraction of sp³-hybridized carbons (Fsp3) is 0.455. The molecule has 0 aliphatic carbocycles. The molecule has 3 N–H and O–H groups in total. The predicted molar refractivity (Wildman–Crippen MR) is 120 cm³/mol. The van der Waals surface area contributed by atoms with E-state index in [2.05, 4.69) is 10.3 Å². The van der Waals surface area contributed by atoms with E-state index >= 15 is 0 Å². The Hall–Kier alpha value is -2.70. The van der Waals surface area contributed by atoms with Crippen LogP contribution in [-0.2, 0) is 38.4 Å². The number of alkyl halides is 3. The van der Waals surface area contributed by atoms with E-state index in [4.69, 9.17) is 9.92 Å². The molecule has 186 valence electrons. The second kappa shape index (κ2) is 10.3. The number of carbonyl (C=O) groups excluding carboxylic acids is 1. The number of amides is 1. The Morgan fingerprint density at radius 1 is 1.24 bits per heavy atom. The molecule has 8 nitrogen and oxygen atoms in total. The first-order chi connectivity index (χ1) is 15.9. The zero-order valence-corrected chi connectivity index (χ0v) is 19.7. The van der Waals surface area contributed by atoms with Crippen molar-refractivity contribution in [1.82, 2.24) is 10.3 Å². The van der Waals surface area contributed by atoms with Gasteiger partial charge in [-0.25, -0.2) is 17.6 Å². The van der Waals surface area contributed by atoms with Crippen LogP contribution in [0.2, 0.25) is 0 Å². The van der Waals surface area contributed by atoms with E-state index in [1.807, 2.05) is 0 Å². The number of carbonyl (C=O) groups is 1. The fourth-order valence-corrected chi connectivity index (χ4v) is 4.20. The van der Waals surface area contributed by atoms with Gasteiger partial charge in [0.1, 0.15) is 11.5 Å². The first-order valence-electron chi connectivity index (χ1n) is 10.7. The molecule has 1 aromatic carbocycles. The van der Waals surface area contributed by atoms with E-state index in [-0.39, 0.29) is 18.3 Å². The maximum Gasteiger partial charge on any atom is 0.433 e. The van der Waals surface area contributed by atoms with Crippen molar-refractivity contribution in [2.45, 2.75) is 51.1 Å². The summed E-state index contributed by atoms with van der Waals surface area (Å²) in [5.74, 6) is -0.779. The minimum absolute atomic E-state index is 0.00814. The number of pyridine rings is 1. The average molecular weight is 501 g/mol. The molecule has 2 unspecified atom stereocenters. The smallest absolute Gasteiger partial charge is 0.356 e. The van der Waals surface area contributed by atoms with Gasteiger partial charge >= 0.3 is 6.18 Å². The summed E-state index contributed by atoms with van der Waals surface area (Å²) in [6.07, 6.45) is -2.83. The number of thiol groups is 1. The van der Waals surface area contributed by atoms with Crippen LogP contribution in [0.4, 0.5) is 19.0 Å². The van der Waals surface area contributed by atoms with Gasteiger partial charge in [-0.2, -0.15) is 13.2 Å². The number of anilines is 1. The van der Waals surface area contributed by atoms with Gasteiger partial charge in [0.05, 0.1) is 5.92 Å². The van der Waals surface area contributed by atoms with Crippen molar-refractivity contribution in [2.75, 3.05) is 18.0 Å². The summed E-state index contributed by atoms with van der Waals surface area (Å²) in [5.41, 5.74) is 4.80. The first kappa shape index (κ1) is 25.9. The SMILES string of the molecule is CC(C(=O)NCc1ccc(C(F)(F)F)nc1N1CCCC1)c1cccc(C(C)(N)O[SH](=O)=O)c1. The highest BCUT2D eigenvalue weighted by Crippen LogP contribution is 2.32. The third-order valence-electron chi connectivity index (χ3n) is 5.72. The molecule has 1 amide bonds. The van der Waals surface area contributed by atoms with Crippen molar-refractivity contribution in [3.8, 4) is 0 Å². The minimum atomic E-state index is -4.56. The van der Waals surface area contributed by atoms with Crippen LogP contribution >= 0.6 is 0 Å². The Bertz CT molecular complexity index is 1110. The van der Waals surface area contributed by atoms with Crippen LogP contribution in [0.3, 0.4) is 0 Å². The van der Waals surface area contributed by atoms with Crippen LogP contribution in [0.1, 0.15) is 55.0 Å². The lowest BCUT2D eigenvalue weighted by molar-refractivity contribution is -0.141. The van der Waals surface area contributed by atoms with E-state index < -0.39 is 34.5 Å². The summed E-state index contributed by atoms with van der Waals surface area (Å²) < 4.78 is 66.2. The van der Waals surface area contributed by atoms with Gasteiger partial charge in [0.25, 0.3) is 11.0 Å². The molecule has 2 atom stereocenters. The summed E-state index contributed by atoms with van der Waals surface area (Å²) in [6.45, 7) is 4.26. The number of rotatable bonds is 8. The van der Waals surface area contributed by atoms with Crippen molar-refractivity contribution in [2.24, 2.45) is 5.73 Å². The second-order valence-electron chi connectivity index (χ2n) is 8.36. The number of hydrogen-bond acceptors (Lipinski definition) is 7. The van der Waals surface area contributed by atoms with Gasteiger partial charge in [0, 0.05) is 25.2 Å². The average Bonchev–Trinajstić information content (AvgIpc) is 3.30. The van der Waals surface area contributed by atoms with E-state index in [0.717, 1.165) is 18.9 Å². The van der Waals surface area contributed by atoms with Gasteiger partial charge in [0.15, 0.2) is 5.72 Å². The lowest BCUT2D eigenvalue weighted by atomic mass is 9.95. The van der Waals surface area contributed by atoms with Gasteiger partial charge in [-0.05, 0) is 43.9 Å². The van der Waals surface area contributed by atoms with Gasteiger partial charge in [-0.1, -0.05) is 30.3 Å². The standard InChI is InChI=1S/C22H27F3N4O4S/c1-14(15-6-5-7-17(12-15)21(2,26)33-34(31)32)20(30)27-13-16-8-9-18(22(23,24)25)28-19(16)29-10-3-4-11-29/h5-9,12,14,34H,3-4,10-11,13,26H2,1-2H3,(H,27,30). The molecule has 3 rings (SSSR count). The van der Waals surface area contributed by atoms with Crippen molar-refractivity contribution in [1.29, 1.82) is 0 Å². The van der Waals surface area contributed by atoms with E-state index in [0.29, 0.717) is 29.8 Å². The summed E-state index contributed by atoms with van der Waals surface area (Å²) in [6, 6.07) is 8.75. The number of nitrogens with two attached hydrogens (primary N) is 1. The molecule has 1 aromatic heterocycles. The summed E-state index contributed by atoms with van der Waals surface area (Å²) in [7, 11) is -3.18. The van der Waals surface area contributed by atoms with Crippen LogP contribution in [0.25, 0.3) is 0 Å². The molecule has 1 aliphatic heterocycles. The number of hydrogen-bond donors (Lipinski definition) is 3. The molecule has 12 heteroatoms. The third kappa shape index (κ3) is 6.24. The summed E-state index contributed by atoms with van der Waals surface area (Å²) in [4.78, 5) is 18.5. The Labute approximate surface area is 197 Å². The Kier molecular flexibility index (Phi) is 7.84. The van der Waals surface area contributed by atoms with Gasteiger partial charge < -0.3 is 10.2 Å². The molecule has 2 aromatic rings. The lowest BCUT2D eigenvalue weighted by Crippen LogP contribution is -2.36. The van der Waals surface area contributed by atoms with Crippen LogP contribution in [0.5, 0.6) is 0 Å². The molecular formula is C22H27F3N4O4S. The van der Waals surface area contributed by atoms with Crippen LogP contribution in [-0.4, -0.2) is 32.4 Å². The molecular weight excluding hydrogens is 473 g/mol. The summed E-state index contributed by atoms with van der Waals surface area (Å²) >= 11 is 0. The van der Waals surface area contributed by atoms with E-state index in [1.54, 1.807) is 36.1 Å². The van der Waals surface area contributed by atoms with Crippen molar-refractivity contribution in [3.63, 3.8) is 0 Å². The molecule has 1 saturated heterocycles. The van der Waals surface area contributed by atoms with Crippen molar-refractivity contribution >= 4 is 22.7 Å². The first-order valence-corrected chi connectivity index (χ1v) is 11.8. The predicted octanol–water partition coefficient (Wildman–Crippen LogP) is 2.79. The van der Waals surface area contributed by atoms with E-state index in [9.17, 15) is 26.4 Å². The topological polar surface area (TPSA) is 115 Å². The van der Waals surface area contributed by atoms with Crippen molar-refractivity contribution in [3.05, 3.63) is 58.8 Å². The second-order valence-corrected chi connectivity index (χ2v) is 8.99. The zero-order chi connectivity index (χ0) is 25.1. The number of halogens is 3. The van der Waals surface area contributed by atoms with E-state index in [1.165, 1.54) is 13.0 Å². The third-order valence-corrected chi connectivity index (χ3v) is 6.25. The van der Waals surface area contributed by atoms with Crippen LogP contribution < -0.4 is 16.0 Å². The van der Waals surface area contributed by atoms with Crippen LogP contribution in [0.15, 0.2) is 36.4 Å². The Morgan fingerprint density at radius 2 is 1.91 bits per heavy atom. The quantitative estimate of drug-likeness (QED) is 0.377. The highest BCUT2D eigenvalue weighted by atomic mass is 32.2. The van der Waals surface area contributed by atoms with Gasteiger partial charge in [-0.3, -0.25) is 10.5 Å². The normalized spacial score (nSPS) is 17.0. The van der Waals surface area contributed by atoms with Crippen LogP contribution in [0, 0.1) is 0 Å². The maximum absolute atomic E-state index is 13.2. The Morgan fingerprint density at radius 3 is 2.53 bits per heavy atom. The van der Waals surface area contributed by atoms with Crippen molar-refractivity contribution < 1.29 is 30.6 Å². The molecule has 0 bridgehead atoms. The molecule has 0 radical (unpaired) electrons. The van der Waals surface area contributed by atoms with Gasteiger partial charge in [-0.15, -0.1) is 0 Å². The Balaban J connectivity index is 1.76. The summed E-state index contributed by atoms with van der Waals surface area (Å²) in [5, 5.41) is 2.76. The number of nitrogens with zero attached hydrogens (tertiary/aromatic N) is 2. The molecule has 1 aliphatic rings. The number of nitrogens with one attached hydrogen (secondary N) is 1. The zero-order valence-electron chi connectivity index (χ0n) is 18.8. The highest BCUT2D eigenvalue weighted by molar-refractivity contribution is 7.67.